The van der Waals surface area contributed by atoms with Crippen LogP contribution in [0.2, 0.25) is 0 Å². The van der Waals surface area contributed by atoms with Crippen molar-refractivity contribution in [3.05, 3.63) is 29.8 Å². The molecule has 0 unspecified atom stereocenters. The Kier molecular flexibility index (Phi) is 5.71. The van der Waals surface area contributed by atoms with Crippen LogP contribution in [0.15, 0.2) is 24.3 Å². The van der Waals surface area contributed by atoms with Gasteiger partial charge in [0.25, 0.3) is 0 Å². The van der Waals surface area contributed by atoms with Crippen molar-refractivity contribution >= 4 is 0 Å². The molecule has 1 fully saturated rings. The van der Waals surface area contributed by atoms with Crippen LogP contribution in [0.25, 0.3) is 0 Å². The molecule has 1 aromatic carbocycles. The summed E-state index contributed by atoms with van der Waals surface area (Å²) in [7, 11) is 0. The third-order valence-electron chi connectivity index (χ3n) is 4.21. The fourth-order valence-corrected chi connectivity index (χ4v) is 2.62. The number of hydrogen-bond donors (Lipinski definition) is 1. The van der Waals surface area contributed by atoms with Gasteiger partial charge in [-0.1, -0.05) is 32.4 Å². The van der Waals surface area contributed by atoms with E-state index in [-0.39, 0.29) is 0 Å². The van der Waals surface area contributed by atoms with Crippen LogP contribution >= 0.6 is 0 Å². The summed E-state index contributed by atoms with van der Waals surface area (Å²) in [5.74, 6) is 1.64. The third-order valence-corrected chi connectivity index (χ3v) is 4.21. The summed E-state index contributed by atoms with van der Waals surface area (Å²) in [5.41, 5.74) is 1.41. The maximum Gasteiger partial charge on any atom is 0.119 e. The van der Waals surface area contributed by atoms with Crippen LogP contribution in [0, 0.1) is 0 Å². The van der Waals surface area contributed by atoms with Crippen LogP contribution in [0.5, 0.6) is 5.75 Å². The monoisotopic (exact) mass is 261 g/mol. The van der Waals surface area contributed by atoms with Crippen molar-refractivity contribution in [1.82, 2.24) is 5.32 Å². The fraction of sp³-hybridized carbons (Fsp3) is 0.647. The van der Waals surface area contributed by atoms with Crippen LogP contribution in [-0.4, -0.2) is 19.2 Å². The first kappa shape index (κ1) is 14.4. The molecule has 0 amide bonds. The molecule has 2 nitrogen and oxygen atoms in total. The van der Waals surface area contributed by atoms with Gasteiger partial charge in [-0.15, -0.1) is 0 Å². The van der Waals surface area contributed by atoms with Crippen molar-refractivity contribution in [2.24, 2.45) is 0 Å². The second kappa shape index (κ2) is 7.54. The van der Waals surface area contributed by atoms with Gasteiger partial charge in [-0.2, -0.15) is 0 Å². The lowest BCUT2D eigenvalue weighted by Gasteiger charge is -2.23. The Morgan fingerprint density at radius 2 is 2.05 bits per heavy atom. The summed E-state index contributed by atoms with van der Waals surface area (Å²) < 4.78 is 5.84. The van der Waals surface area contributed by atoms with Crippen LogP contribution in [0.3, 0.4) is 0 Å². The maximum atomic E-state index is 5.84. The zero-order valence-electron chi connectivity index (χ0n) is 12.3. The van der Waals surface area contributed by atoms with Crippen molar-refractivity contribution in [3.8, 4) is 5.75 Å². The van der Waals surface area contributed by atoms with E-state index in [2.05, 4.69) is 43.4 Å². The maximum absolute atomic E-state index is 5.84. The molecule has 19 heavy (non-hydrogen) atoms. The molecule has 1 N–H and O–H groups in total. The minimum Gasteiger partial charge on any atom is -0.494 e. The topological polar surface area (TPSA) is 21.3 Å². The smallest absolute Gasteiger partial charge is 0.119 e. The molecule has 0 aromatic heterocycles. The molecule has 1 aromatic rings. The molecule has 0 aliphatic carbocycles. The molecule has 0 saturated carbocycles. The van der Waals surface area contributed by atoms with Crippen molar-refractivity contribution in [1.29, 1.82) is 0 Å². The molecule has 0 bridgehead atoms. The van der Waals surface area contributed by atoms with Gasteiger partial charge in [-0.3, -0.25) is 0 Å². The van der Waals surface area contributed by atoms with Gasteiger partial charge < -0.3 is 10.1 Å². The predicted molar refractivity (Wildman–Crippen MR) is 80.9 cm³/mol. The van der Waals surface area contributed by atoms with E-state index in [0.717, 1.165) is 18.8 Å². The number of benzene rings is 1. The molecule has 2 rings (SSSR count). The summed E-state index contributed by atoms with van der Waals surface area (Å²) in [4.78, 5) is 0. The lowest BCUT2D eigenvalue weighted by atomic mass is 9.99. The second-order valence-corrected chi connectivity index (χ2v) is 5.66. The zero-order valence-corrected chi connectivity index (χ0v) is 12.3. The highest BCUT2D eigenvalue weighted by atomic mass is 16.5. The van der Waals surface area contributed by atoms with E-state index >= 15 is 0 Å². The Labute approximate surface area is 117 Å². The Hall–Kier alpha value is -1.02. The molecule has 1 heterocycles. The average Bonchev–Trinajstić information content (AvgIpc) is 2.48. The first-order chi connectivity index (χ1) is 9.29. The van der Waals surface area contributed by atoms with E-state index < -0.39 is 0 Å². The highest BCUT2D eigenvalue weighted by Gasteiger charge is 2.12. The van der Waals surface area contributed by atoms with Gasteiger partial charge >= 0.3 is 0 Å². The summed E-state index contributed by atoms with van der Waals surface area (Å²) in [6, 6.07) is 9.27. The van der Waals surface area contributed by atoms with E-state index in [1.807, 2.05) is 0 Å². The normalized spacial score (nSPS) is 21.1. The molecule has 1 aliphatic heterocycles. The predicted octanol–water partition coefficient (Wildman–Crippen LogP) is 4.11. The van der Waals surface area contributed by atoms with Crippen molar-refractivity contribution < 1.29 is 4.74 Å². The Balaban J connectivity index is 1.73. The Bertz CT molecular complexity index is 354. The van der Waals surface area contributed by atoms with E-state index in [4.69, 9.17) is 4.74 Å². The first-order valence-corrected chi connectivity index (χ1v) is 7.75. The minimum atomic E-state index is 0.639. The van der Waals surface area contributed by atoms with Crippen molar-refractivity contribution in [2.75, 3.05) is 13.2 Å². The number of rotatable bonds is 6. The van der Waals surface area contributed by atoms with E-state index in [1.165, 1.54) is 37.8 Å². The number of nitrogens with one attached hydrogen (secondary N) is 1. The number of piperidine rings is 1. The van der Waals surface area contributed by atoms with Crippen LogP contribution in [0.4, 0.5) is 0 Å². The van der Waals surface area contributed by atoms with Gasteiger partial charge in [0, 0.05) is 6.04 Å². The van der Waals surface area contributed by atoms with Gasteiger partial charge in [0.1, 0.15) is 5.75 Å². The van der Waals surface area contributed by atoms with Gasteiger partial charge in [0.2, 0.25) is 0 Å². The molecule has 0 radical (unpaired) electrons. The second-order valence-electron chi connectivity index (χ2n) is 5.66. The Morgan fingerprint density at radius 1 is 1.26 bits per heavy atom. The average molecular weight is 261 g/mol. The third kappa shape index (κ3) is 4.54. The van der Waals surface area contributed by atoms with Crippen LogP contribution in [0.1, 0.15) is 57.4 Å². The summed E-state index contributed by atoms with van der Waals surface area (Å²) in [6.45, 7) is 6.49. The summed E-state index contributed by atoms with van der Waals surface area (Å²) in [6.07, 6.45) is 6.30. The molecular formula is C17H27NO. The highest BCUT2D eigenvalue weighted by Crippen LogP contribution is 2.21. The molecular weight excluding hydrogens is 234 g/mol. The van der Waals surface area contributed by atoms with Gasteiger partial charge in [0.15, 0.2) is 0 Å². The standard InChI is InChI=1S/C17H27NO/c1-3-14(2)15-7-9-17(10-8-15)19-13-11-16-6-4-5-12-18-16/h7-10,14,16,18H,3-6,11-13H2,1-2H3/t14-,16+/m0/s1. The fourth-order valence-electron chi connectivity index (χ4n) is 2.62. The summed E-state index contributed by atoms with van der Waals surface area (Å²) in [5, 5.41) is 3.56. The van der Waals surface area contributed by atoms with Crippen molar-refractivity contribution in [2.45, 2.75) is 57.9 Å². The van der Waals surface area contributed by atoms with Crippen LogP contribution < -0.4 is 10.1 Å². The van der Waals surface area contributed by atoms with Gasteiger partial charge in [0.05, 0.1) is 6.61 Å². The van der Waals surface area contributed by atoms with E-state index in [9.17, 15) is 0 Å². The highest BCUT2D eigenvalue weighted by molar-refractivity contribution is 5.29. The minimum absolute atomic E-state index is 0.639. The zero-order chi connectivity index (χ0) is 13.5. The molecule has 0 spiro atoms. The molecule has 2 atom stereocenters. The molecule has 106 valence electrons. The Morgan fingerprint density at radius 3 is 2.68 bits per heavy atom. The largest absolute Gasteiger partial charge is 0.494 e. The quantitative estimate of drug-likeness (QED) is 0.832. The first-order valence-electron chi connectivity index (χ1n) is 7.75. The number of hydrogen-bond acceptors (Lipinski definition) is 2. The molecule has 2 heteroatoms. The lowest BCUT2D eigenvalue weighted by molar-refractivity contribution is 0.268. The summed E-state index contributed by atoms with van der Waals surface area (Å²) >= 11 is 0. The van der Waals surface area contributed by atoms with Gasteiger partial charge in [-0.25, -0.2) is 0 Å². The lowest BCUT2D eigenvalue weighted by Crippen LogP contribution is -2.35. The van der Waals surface area contributed by atoms with E-state index in [0.29, 0.717) is 12.0 Å². The van der Waals surface area contributed by atoms with Crippen LogP contribution in [-0.2, 0) is 0 Å². The molecule has 1 saturated heterocycles. The SMILES string of the molecule is CC[C@H](C)c1ccc(OCC[C@H]2CCCCN2)cc1. The van der Waals surface area contributed by atoms with Gasteiger partial charge in [-0.05, 0) is 55.8 Å². The van der Waals surface area contributed by atoms with Crippen molar-refractivity contribution in [3.63, 3.8) is 0 Å². The molecule has 1 aliphatic rings. The number of ether oxygens (including phenoxy) is 1. The van der Waals surface area contributed by atoms with E-state index in [1.54, 1.807) is 0 Å².